The molecule has 6 nitrogen and oxygen atoms in total. The predicted octanol–water partition coefficient (Wildman–Crippen LogP) is 6.20. The van der Waals surface area contributed by atoms with Gasteiger partial charge < -0.3 is 9.47 Å². The van der Waals surface area contributed by atoms with Crippen LogP contribution in [0, 0.1) is 6.92 Å². The minimum absolute atomic E-state index is 0.0488. The average molecular weight is 516 g/mol. The molecule has 0 aliphatic carbocycles. The third-order valence-electron chi connectivity index (χ3n) is 6.19. The van der Waals surface area contributed by atoms with E-state index in [1.54, 1.807) is 0 Å². The zero-order valence-electron chi connectivity index (χ0n) is 20.6. The second kappa shape index (κ2) is 12.7. The van der Waals surface area contributed by atoms with Gasteiger partial charge in [0, 0.05) is 36.8 Å². The summed E-state index contributed by atoms with van der Waals surface area (Å²) in [5.74, 6) is 0.745. The Morgan fingerprint density at radius 3 is 2.69 bits per heavy atom. The maximum absolute atomic E-state index is 13.7. The van der Waals surface area contributed by atoms with Gasteiger partial charge in [0.1, 0.15) is 5.75 Å². The van der Waals surface area contributed by atoms with E-state index >= 15 is 0 Å². The number of anilines is 1. The lowest BCUT2D eigenvalue weighted by Crippen LogP contribution is -2.39. The summed E-state index contributed by atoms with van der Waals surface area (Å²) in [5, 5.41) is 1.39. The summed E-state index contributed by atoms with van der Waals surface area (Å²) in [5.41, 5.74) is 2.54. The van der Waals surface area contributed by atoms with E-state index in [1.807, 2.05) is 48.2 Å². The van der Waals surface area contributed by atoms with E-state index in [4.69, 9.17) is 26.1 Å². The standard InChI is InChI=1S/C27H34ClN3O3S/c1-3-4-5-15-34-23-9-7-21(8-10-23)26(32)31(12-6-11-30-13-16-33-17-14-30)27-29-25-20(2)18-22(28)19-24(25)35-27/h7-10,18-19H,3-6,11-17H2,1-2H3. The van der Waals surface area contributed by atoms with E-state index in [1.165, 1.54) is 11.3 Å². The summed E-state index contributed by atoms with van der Waals surface area (Å²) in [6.07, 6.45) is 4.22. The van der Waals surface area contributed by atoms with Crippen molar-refractivity contribution in [3.8, 4) is 5.75 Å². The van der Waals surface area contributed by atoms with E-state index in [9.17, 15) is 4.79 Å². The lowest BCUT2D eigenvalue weighted by molar-refractivity contribution is 0.0376. The molecule has 0 N–H and O–H groups in total. The molecule has 1 aromatic heterocycles. The van der Waals surface area contributed by atoms with Crippen LogP contribution in [-0.4, -0.2) is 61.8 Å². The molecule has 0 atom stereocenters. The van der Waals surface area contributed by atoms with Gasteiger partial charge in [0.2, 0.25) is 0 Å². The van der Waals surface area contributed by atoms with Crippen LogP contribution in [-0.2, 0) is 4.74 Å². The van der Waals surface area contributed by atoms with Crippen LogP contribution in [0.4, 0.5) is 5.13 Å². The number of hydrogen-bond donors (Lipinski definition) is 0. The smallest absolute Gasteiger partial charge is 0.260 e. The molecule has 35 heavy (non-hydrogen) atoms. The summed E-state index contributed by atoms with van der Waals surface area (Å²) in [7, 11) is 0. The Morgan fingerprint density at radius 1 is 1.17 bits per heavy atom. The molecule has 3 aromatic rings. The molecule has 8 heteroatoms. The van der Waals surface area contributed by atoms with Crippen LogP contribution in [0.2, 0.25) is 5.02 Å². The number of morpholine rings is 1. The summed E-state index contributed by atoms with van der Waals surface area (Å²) >= 11 is 7.79. The molecule has 0 saturated carbocycles. The Morgan fingerprint density at radius 2 is 1.94 bits per heavy atom. The highest BCUT2D eigenvalue weighted by molar-refractivity contribution is 7.22. The Labute approximate surface area is 216 Å². The molecule has 1 amide bonds. The van der Waals surface area contributed by atoms with Gasteiger partial charge in [-0.25, -0.2) is 4.98 Å². The number of aromatic nitrogens is 1. The topological polar surface area (TPSA) is 54.9 Å². The molecule has 0 bridgehead atoms. The van der Waals surface area contributed by atoms with E-state index < -0.39 is 0 Å². The lowest BCUT2D eigenvalue weighted by Gasteiger charge is -2.27. The van der Waals surface area contributed by atoms with Crippen LogP contribution in [0.5, 0.6) is 5.75 Å². The minimum Gasteiger partial charge on any atom is -0.494 e. The van der Waals surface area contributed by atoms with Crippen molar-refractivity contribution in [2.75, 3.05) is 50.9 Å². The van der Waals surface area contributed by atoms with Crippen molar-refractivity contribution in [2.24, 2.45) is 0 Å². The van der Waals surface area contributed by atoms with Crippen LogP contribution in [0.3, 0.4) is 0 Å². The monoisotopic (exact) mass is 515 g/mol. The second-order valence-corrected chi connectivity index (χ2v) is 10.4. The summed E-state index contributed by atoms with van der Waals surface area (Å²) in [6, 6.07) is 11.3. The predicted molar refractivity (Wildman–Crippen MR) is 144 cm³/mol. The van der Waals surface area contributed by atoms with Crippen molar-refractivity contribution in [1.29, 1.82) is 0 Å². The molecule has 188 valence electrons. The fourth-order valence-corrected chi connectivity index (χ4v) is 5.66. The van der Waals surface area contributed by atoms with E-state index in [0.29, 0.717) is 28.9 Å². The number of unbranched alkanes of at least 4 members (excludes halogenated alkanes) is 2. The third kappa shape index (κ3) is 6.94. The molecule has 1 aliphatic heterocycles. The van der Waals surface area contributed by atoms with Crippen molar-refractivity contribution in [3.05, 3.63) is 52.5 Å². The Bertz CT molecular complexity index is 1110. The van der Waals surface area contributed by atoms with Gasteiger partial charge in [-0.2, -0.15) is 0 Å². The highest BCUT2D eigenvalue weighted by Gasteiger charge is 2.22. The Kier molecular flexibility index (Phi) is 9.38. The highest BCUT2D eigenvalue weighted by Crippen LogP contribution is 2.34. The Balaban J connectivity index is 1.51. The number of halogens is 1. The van der Waals surface area contributed by atoms with Crippen LogP contribution in [0.25, 0.3) is 10.2 Å². The fourth-order valence-electron chi connectivity index (χ4n) is 4.21. The first kappa shape index (κ1) is 25.9. The van der Waals surface area contributed by atoms with Gasteiger partial charge in [0.25, 0.3) is 5.91 Å². The Hall–Kier alpha value is -2.19. The molecule has 1 saturated heterocycles. The molecule has 0 unspecified atom stereocenters. The molecule has 1 aliphatic rings. The molecule has 2 heterocycles. The van der Waals surface area contributed by atoms with Crippen molar-refractivity contribution >= 4 is 44.2 Å². The van der Waals surface area contributed by atoms with Crippen LogP contribution in [0.1, 0.15) is 48.5 Å². The van der Waals surface area contributed by atoms with Gasteiger partial charge >= 0.3 is 0 Å². The van der Waals surface area contributed by atoms with Crippen molar-refractivity contribution in [2.45, 2.75) is 39.5 Å². The maximum Gasteiger partial charge on any atom is 0.260 e. The van der Waals surface area contributed by atoms with Crippen molar-refractivity contribution < 1.29 is 14.3 Å². The highest BCUT2D eigenvalue weighted by atomic mass is 35.5. The zero-order valence-corrected chi connectivity index (χ0v) is 22.2. The molecular weight excluding hydrogens is 482 g/mol. The van der Waals surface area contributed by atoms with Crippen molar-refractivity contribution in [3.63, 3.8) is 0 Å². The average Bonchev–Trinajstić information content (AvgIpc) is 3.29. The summed E-state index contributed by atoms with van der Waals surface area (Å²) < 4.78 is 12.3. The van der Waals surface area contributed by atoms with Crippen molar-refractivity contribution in [1.82, 2.24) is 9.88 Å². The molecule has 0 radical (unpaired) electrons. The van der Waals surface area contributed by atoms with Crippen LogP contribution in [0.15, 0.2) is 36.4 Å². The number of fused-ring (bicyclic) bond motifs is 1. The van der Waals surface area contributed by atoms with Gasteiger partial charge in [-0.3, -0.25) is 14.6 Å². The number of carbonyl (C=O) groups excluding carboxylic acids is 1. The molecular formula is C27H34ClN3O3S. The summed E-state index contributed by atoms with van der Waals surface area (Å²) in [6.45, 7) is 9.81. The summed E-state index contributed by atoms with van der Waals surface area (Å²) in [4.78, 5) is 22.7. The number of ether oxygens (including phenoxy) is 2. The normalized spacial score (nSPS) is 14.4. The molecule has 4 rings (SSSR count). The number of amides is 1. The quantitative estimate of drug-likeness (QED) is 0.285. The number of thiazole rings is 1. The molecule has 2 aromatic carbocycles. The number of hydrogen-bond acceptors (Lipinski definition) is 6. The van der Waals surface area contributed by atoms with Gasteiger partial charge in [-0.15, -0.1) is 0 Å². The van der Waals surface area contributed by atoms with Crippen LogP contribution >= 0.6 is 22.9 Å². The zero-order chi connectivity index (χ0) is 24.6. The number of aryl methyl sites for hydroxylation is 1. The third-order valence-corrected chi connectivity index (χ3v) is 7.44. The number of carbonyl (C=O) groups is 1. The lowest BCUT2D eigenvalue weighted by atomic mass is 10.2. The van der Waals surface area contributed by atoms with Gasteiger partial charge in [-0.1, -0.05) is 42.7 Å². The maximum atomic E-state index is 13.7. The largest absolute Gasteiger partial charge is 0.494 e. The SMILES string of the molecule is CCCCCOc1ccc(C(=O)N(CCCN2CCOCC2)c2nc3c(C)cc(Cl)cc3s2)cc1. The first-order chi connectivity index (χ1) is 17.0. The number of rotatable bonds is 11. The van der Waals surface area contributed by atoms with Gasteiger partial charge in [-0.05, 0) is 61.7 Å². The molecule has 0 spiro atoms. The first-order valence-corrected chi connectivity index (χ1v) is 13.7. The van der Waals surface area contributed by atoms with E-state index in [-0.39, 0.29) is 5.91 Å². The number of benzene rings is 2. The van der Waals surface area contributed by atoms with Crippen LogP contribution < -0.4 is 9.64 Å². The fraction of sp³-hybridized carbons (Fsp3) is 0.481. The molecule has 1 fully saturated rings. The minimum atomic E-state index is -0.0488. The first-order valence-electron chi connectivity index (χ1n) is 12.5. The van der Waals surface area contributed by atoms with Gasteiger partial charge in [0.15, 0.2) is 5.13 Å². The number of nitrogens with zero attached hydrogens (tertiary/aromatic N) is 3. The second-order valence-electron chi connectivity index (χ2n) is 8.91. The van der Waals surface area contributed by atoms with E-state index in [0.717, 1.165) is 80.1 Å². The van der Waals surface area contributed by atoms with Gasteiger partial charge in [0.05, 0.1) is 30.0 Å². The van der Waals surface area contributed by atoms with E-state index in [2.05, 4.69) is 11.8 Å².